The highest BCUT2D eigenvalue weighted by molar-refractivity contribution is 7.99. The SMILES string of the molecule is CC(C)(CCC(=O)O)NC(=O)NCC1CCSCC1. The summed E-state index contributed by atoms with van der Waals surface area (Å²) in [6.07, 6.45) is 2.81. The summed E-state index contributed by atoms with van der Waals surface area (Å²) in [4.78, 5) is 22.3. The van der Waals surface area contributed by atoms with Crippen LogP contribution in [0, 0.1) is 5.92 Å². The van der Waals surface area contributed by atoms with Crippen molar-refractivity contribution < 1.29 is 14.7 Å². The van der Waals surface area contributed by atoms with Gasteiger partial charge in [0.05, 0.1) is 0 Å². The van der Waals surface area contributed by atoms with Gasteiger partial charge in [-0.3, -0.25) is 4.79 Å². The van der Waals surface area contributed by atoms with Crippen LogP contribution in [0.4, 0.5) is 4.79 Å². The average molecular weight is 288 g/mol. The van der Waals surface area contributed by atoms with Gasteiger partial charge in [-0.1, -0.05) is 0 Å². The first-order valence-electron chi connectivity index (χ1n) is 6.74. The molecule has 1 aliphatic rings. The molecule has 2 amide bonds. The van der Waals surface area contributed by atoms with Crippen LogP contribution >= 0.6 is 11.8 Å². The summed E-state index contributed by atoms with van der Waals surface area (Å²) >= 11 is 1.97. The number of nitrogens with one attached hydrogen (secondary N) is 2. The number of hydrogen-bond acceptors (Lipinski definition) is 3. The Morgan fingerprint density at radius 2 is 1.95 bits per heavy atom. The molecule has 0 aromatic rings. The van der Waals surface area contributed by atoms with E-state index in [-0.39, 0.29) is 12.5 Å². The first kappa shape index (κ1) is 16.1. The van der Waals surface area contributed by atoms with Gasteiger partial charge >= 0.3 is 12.0 Å². The number of aliphatic carboxylic acids is 1. The molecule has 19 heavy (non-hydrogen) atoms. The van der Waals surface area contributed by atoms with Gasteiger partial charge in [0, 0.05) is 18.5 Å². The van der Waals surface area contributed by atoms with Gasteiger partial charge in [0.2, 0.25) is 0 Å². The third kappa shape index (κ3) is 7.30. The van der Waals surface area contributed by atoms with Crippen LogP contribution in [0.15, 0.2) is 0 Å². The molecular formula is C13H24N2O3S. The molecule has 0 unspecified atom stereocenters. The van der Waals surface area contributed by atoms with Gasteiger partial charge in [0.25, 0.3) is 0 Å². The van der Waals surface area contributed by atoms with Gasteiger partial charge in [-0.15, -0.1) is 0 Å². The summed E-state index contributed by atoms with van der Waals surface area (Å²) < 4.78 is 0. The zero-order valence-electron chi connectivity index (χ0n) is 11.7. The predicted octanol–water partition coefficient (Wildman–Crippen LogP) is 2.07. The third-order valence-corrected chi connectivity index (χ3v) is 4.36. The summed E-state index contributed by atoms with van der Waals surface area (Å²) in [7, 11) is 0. The summed E-state index contributed by atoms with van der Waals surface area (Å²) in [6, 6.07) is -0.200. The molecule has 0 spiro atoms. The lowest BCUT2D eigenvalue weighted by Gasteiger charge is -2.27. The predicted molar refractivity (Wildman–Crippen MR) is 77.5 cm³/mol. The molecule has 0 radical (unpaired) electrons. The van der Waals surface area contributed by atoms with Crippen LogP contribution in [-0.2, 0) is 4.79 Å². The lowest BCUT2D eigenvalue weighted by molar-refractivity contribution is -0.137. The monoisotopic (exact) mass is 288 g/mol. The Morgan fingerprint density at radius 1 is 1.32 bits per heavy atom. The molecule has 0 saturated carbocycles. The van der Waals surface area contributed by atoms with E-state index in [0.29, 0.717) is 18.9 Å². The van der Waals surface area contributed by atoms with Gasteiger partial charge in [-0.25, -0.2) is 4.79 Å². The van der Waals surface area contributed by atoms with Crippen LogP contribution in [-0.4, -0.2) is 40.7 Å². The number of rotatable bonds is 6. The average Bonchev–Trinajstić information content (AvgIpc) is 2.35. The normalized spacial score (nSPS) is 16.9. The second kappa shape index (κ2) is 7.62. The quantitative estimate of drug-likeness (QED) is 0.699. The molecule has 0 bridgehead atoms. The molecule has 1 fully saturated rings. The Morgan fingerprint density at radius 3 is 2.53 bits per heavy atom. The van der Waals surface area contributed by atoms with E-state index in [9.17, 15) is 9.59 Å². The zero-order chi connectivity index (χ0) is 14.3. The number of hydrogen-bond donors (Lipinski definition) is 3. The van der Waals surface area contributed by atoms with Gasteiger partial charge in [0.1, 0.15) is 0 Å². The molecule has 1 aliphatic heterocycles. The molecular weight excluding hydrogens is 264 g/mol. The van der Waals surface area contributed by atoms with Gasteiger partial charge in [-0.2, -0.15) is 11.8 Å². The molecule has 1 saturated heterocycles. The van der Waals surface area contributed by atoms with E-state index in [1.165, 1.54) is 11.5 Å². The van der Waals surface area contributed by atoms with Crippen LogP contribution in [0.1, 0.15) is 39.5 Å². The Balaban J connectivity index is 2.23. The highest BCUT2D eigenvalue weighted by atomic mass is 32.2. The zero-order valence-corrected chi connectivity index (χ0v) is 12.5. The highest BCUT2D eigenvalue weighted by Crippen LogP contribution is 2.21. The van der Waals surface area contributed by atoms with Gasteiger partial charge in [-0.05, 0) is 50.5 Å². The number of carbonyl (C=O) groups excluding carboxylic acids is 1. The molecule has 0 atom stereocenters. The van der Waals surface area contributed by atoms with Crippen molar-refractivity contribution in [3.8, 4) is 0 Å². The molecule has 0 aromatic carbocycles. The van der Waals surface area contributed by atoms with E-state index >= 15 is 0 Å². The molecule has 110 valence electrons. The minimum absolute atomic E-state index is 0.0626. The fraction of sp³-hybridized carbons (Fsp3) is 0.846. The fourth-order valence-electron chi connectivity index (χ4n) is 2.02. The fourth-order valence-corrected chi connectivity index (χ4v) is 3.23. The van der Waals surface area contributed by atoms with Crippen molar-refractivity contribution in [2.75, 3.05) is 18.1 Å². The second-order valence-corrected chi connectivity index (χ2v) is 6.89. The molecule has 6 heteroatoms. The molecule has 1 rings (SSSR count). The topological polar surface area (TPSA) is 78.4 Å². The highest BCUT2D eigenvalue weighted by Gasteiger charge is 2.22. The molecule has 0 aromatic heterocycles. The van der Waals surface area contributed by atoms with Crippen molar-refractivity contribution in [2.24, 2.45) is 5.92 Å². The van der Waals surface area contributed by atoms with E-state index in [2.05, 4.69) is 10.6 Å². The Labute approximate surface area is 118 Å². The first-order chi connectivity index (χ1) is 8.89. The van der Waals surface area contributed by atoms with Crippen molar-refractivity contribution in [1.29, 1.82) is 0 Å². The van der Waals surface area contributed by atoms with E-state index < -0.39 is 11.5 Å². The van der Waals surface area contributed by atoms with Gasteiger partial charge < -0.3 is 15.7 Å². The van der Waals surface area contributed by atoms with E-state index in [1.54, 1.807) is 0 Å². The molecule has 1 heterocycles. The molecule has 0 aliphatic carbocycles. The number of carboxylic acid groups (broad SMARTS) is 1. The summed E-state index contributed by atoms with van der Waals surface area (Å²) in [5.41, 5.74) is -0.495. The van der Waals surface area contributed by atoms with Crippen LogP contribution in [0.2, 0.25) is 0 Å². The largest absolute Gasteiger partial charge is 0.481 e. The van der Waals surface area contributed by atoms with Crippen LogP contribution < -0.4 is 10.6 Å². The van der Waals surface area contributed by atoms with Crippen molar-refractivity contribution in [3.05, 3.63) is 0 Å². The van der Waals surface area contributed by atoms with Crippen molar-refractivity contribution in [2.45, 2.75) is 45.1 Å². The maximum atomic E-state index is 11.8. The number of carbonyl (C=O) groups is 2. The van der Waals surface area contributed by atoms with Crippen LogP contribution in [0.3, 0.4) is 0 Å². The maximum Gasteiger partial charge on any atom is 0.315 e. The second-order valence-electron chi connectivity index (χ2n) is 5.67. The number of urea groups is 1. The van der Waals surface area contributed by atoms with E-state index in [4.69, 9.17) is 5.11 Å². The Kier molecular flexibility index (Phi) is 6.48. The van der Waals surface area contributed by atoms with Gasteiger partial charge in [0.15, 0.2) is 0 Å². The number of thioether (sulfide) groups is 1. The van der Waals surface area contributed by atoms with E-state index in [1.807, 2.05) is 25.6 Å². The van der Waals surface area contributed by atoms with Crippen molar-refractivity contribution >= 4 is 23.8 Å². The Hall–Kier alpha value is -0.910. The number of amides is 2. The maximum absolute atomic E-state index is 11.8. The summed E-state index contributed by atoms with van der Waals surface area (Å²) in [5, 5.41) is 14.4. The lowest BCUT2D eigenvalue weighted by atomic mass is 9.98. The minimum Gasteiger partial charge on any atom is -0.481 e. The summed E-state index contributed by atoms with van der Waals surface area (Å²) in [6.45, 7) is 4.39. The third-order valence-electron chi connectivity index (χ3n) is 3.31. The van der Waals surface area contributed by atoms with Crippen molar-refractivity contribution in [1.82, 2.24) is 10.6 Å². The van der Waals surface area contributed by atoms with E-state index in [0.717, 1.165) is 12.8 Å². The molecule has 5 nitrogen and oxygen atoms in total. The lowest BCUT2D eigenvalue weighted by Crippen LogP contribution is -2.49. The number of carboxylic acids is 1. The molecule has 3 N–H and O–H groups in total. The minimum atomic E-state index is -0.838. The first-order valence-corrected chi connectivity index (χ1v) is 7.90. The summed E-state index contributed by atoms with van der Waals surface area (Å²) in [5.74, 6) is 2.10. The van der Waals surface area contributed by atoms with Crippen molar-refractivity contribution in [3.63, 3.8) is 0 Å². The van der Waals surface area contributed by atoms with Crippen LogP contribution in [0.25, 0.3) is 0 Å². The smallest absolute Gasteiger partial charge is 0.315 e. The Bertz CT molecular complexity index is 315. The standard InChI is InChI=1S/C13H24N2O3S/c1-13(2,6-3-11(16)17)15-12(18)14-9-10-4-7-19-8-5-10/h10H,3-9H2,1-2H3,(H,16,17)(H2,14,15,18). The van der Waals surface area contributed by atoms with Crippen LogP contribution in [0.5, 0.6) is 0 Å².